The number of aromatic nitrogens is 1. The maximum atomic E-state index is 13.0. The lowest BCUT2D eigenvalue weighted by atomic mass is 10.1. The molecule has 0 bridgehead atoms. The van der Waals surface area contributed by atoms with Gasteiger partial charge in [0.25, 0.3) is 5.91 Å². The maximum absolute atomic E-state index is 13.0. The minimum absolute atomic E-state index is 0.226. The van der Waals surface area contributed by atoms with Crippen LogP contribution in [0.1, 0.15) is 23.2 Å². The smallest absolute Gasteiger partial charge is 0.259 e. The van der Waals surface area contributed by atoms with Crippen LogP contribution in [0.4, 0.5) is 11.5 Å². The number of hydrogen-bond acceptors (Lipinski definition) is 6. The van der Waals surface area contributed by atoms with E-state index in [2.05, 4.69) is 10.6 Å². The van der Waals surface area contributed by atoms with Crippen LogP contribution >= 0.6 is 0 Å². The predicted molar refractivity (Wildman–Crippen MR) is 118 cm³/mol. The Morgan fingerprint density at radius 1 is 1.10 bits per heavy atom. The van der Waals surface area contributed by atoms with Gasteiger partial charge in [0.15, 0.2) is 11.5 Å². The van der Waals surface area contributed by atoms with Crippen LogP contribution in [-0.2, 0) is 0 Å². The highest BCUT2D eigenvalue weighted by molar-refractivity contribution is 6.07. The number of carbonyl (C=O) groups excluding carboxylic acids is 1. The van der Waals surface area contributed by atoms with Gasteiger partial charge in [-0.1, -0.05) is 6.07 Å². The van der Waals surface area contributed by atoms with Gasteiger partial charge in [-0.3, -0.25) is 4.79 Å². The van der Waals surface area contributed by atoms with E-state index in [0.717, 1.165) is 23.6 Å². The van der Waals surface area contributed by atoms with E-state index in [1.54, 1.807) is 19.2 Å². The Balaban J connectivity index is 1.43. The molecule has 0 spiro atoms. The minimum Gasteiger partial charge on any atom is -0.497 e. The van der Waals surface area contributed by atoms with E-state index in [1.165, 1.54) is 12.8 Å². The molecule has 1 amide bonds. The highest BCUT2D eigenvalue weighted by atomic mass is 16.7. The first kappa shape index (κ1) is 19.2. The number of ether oxygens (including phenoxy) is 3. The molecule has 2 N–H and O–H groups in total. The minimum atomic E-state index is -0.226. The van der Waals surface area contributed by atoms with E-state index in [9.17, 15) is 4.79 Å². The summed E-state index contributed by atoms with van der Waals surface area (Å²) in [5.74, 6) is 3.10. The quantitative estimate of drug-likeness (QED) is 0.587. The van der Waals surface area contributed by atoms with Gasteiger partial charge in [-0.15, -0.1) is 0 Å². The highest BCUT2D eigenvalue weighted by Crippen LogP contribution is 2.36. The molecule has 2 aliphatic rings. The number of benzene rings is 2. The Labute approximate surface area is 180 Å². The molecule has 0 radical (unpaired) electrons. The molecule has 7 nitrogen and oxygen atoms in total. The molecule has 0 unspecified atom stereocenters. The van der Waals surface area contributed by atoms with Crippen molar-refractivity contribution in [3.63, 3.8) is 0 Å². The van der Waals surface area contributed by atoms with Crippen molar-refractivity contribution in [3.8, 4) is 28.5 Å². The molecule has 158 valence electrons. The maximum Gasteiger partial charge on any atom is 0.259 e. The van der Waals surface area contributed by atoms with Crippen LogP contribution in [0.2, 0.25) is 0 Å². The Hall–Kier alpha value is -3.74. The number of nitrogens with one attached hydrogen (secondary N) is 2. The summed E-state index contributed by atoms with van der Waals surface area (Å²) in [4.78, 5) is 17.8. The average Bonchev–Trinajstić information content (AvgIpc) is 3.52. The summed E-state index contributed by atoms with van der Waals surface area (Å²) < 4.78 is 16.1. The van der Waals surface area contributed by atoms with Gasteiger partial charge in [0.1, 0.15) is 11.6 Å². The second-order valence-electron chi connectivity index (χ2n) is 7.67. The molecule has 1 fully saturated rings. The van der Waals surface area contributed by atoms with Crippen molar-refractivity contribution in [2.45, 2.75) is 12.8 Å². The first-order valence-electron chi connectivity index (χ1n) is 10.3. The number of methoxy groups -OCH3 is 1. The molecular formula is C24H23N3O4. The van der Waals surface area contributed by atoms with Gasteiger partial charge in [0, 0.05) is 23.9 Å². The number of fused-ring (bicyclic) bond motifs is 1. The van der Waals surface area contributed by atoms with Crippen LogP contribution in [0.25, 0.3) is 11.3 Å². The number of hydrogen-bond donors (Lipinski definition) is 2. The second kappa shape index (κ2) is 8.18. The van der Waals surface area contributed by atoms with E-state index >= 15 is 0 Å². The summed E-state index contributed by atoms with van der Waals surface area (Å²) in [6, 6.07) is 16.7. The molecule has 1 aromatic heterocycles. The van der Waals surface area contributed by atoms with Gasteiger partial charge in [-0.25, -0.2) is 4.98 Å². The van der Waals surface area contributed by atoms with Crippen molar-refractivity contribution in [1.82, 2.24) is 4.98 Å². The second-order valence-corrected chi connectivity index (χ2v) is 7.67. The summed E-state index contributed by atoms with van der Waals surface area (Å²) in [6.07, 6.45) is 2.42. The highest BCUT2D eigenvalue weighted by Gasteiger charge is 2.23. The van der Waals surface area contributed by atoms with Crippen molar-refractivity contribution >= 4 is 17.4 Å². The molecule has 0 saturated heterocycles. The number of rotatable bonds is 7. The van der Waals surface area contributed by atoms with Crippen LogP contribution < -0.4 is 24.8 Å². The molecule has 1 saturated carbocycles. The first-order chi connectivity index (χ1) is 15.2. The summed E-state index contributed by atoms with van der Waals surface area (Å²) in [7, 11) is 1.60. The molecule has 31 heavy (non-hydrogen) atoms. The van der Waals surface area contributed by atoms with Crippen LogP contribution in [0.5, 0.6) is 17.2 Å². The molecule has 5 rings (SSSR count). The van der Waals surface area contributed by atoms with Gasteiger partial charge >= 0.3 is 0 Å². The third kappa shape index (κ3) is 4.26. The van der Waals surface area contributed by atoms with Crippen LogP contribution in [0.3, 0.4) is 0 Å². The molecule has 0 atom stereocenters. The summed E-state index contributed by atoms with van der Waals surface area (Å²) in [5.41, 5.74) is 2.82. The fourth-order valence-electron chi connectivity index (χ4n) is 3.46. The zero-order chi connectivity index (χ0) is 21.2. The standard InChI is InChI=1S/C24H23N3O4/c1-29-18-4-2-3-17(12-18)26-24(28)19-8-9-20(27-23(19)25-13-15-5-6-15)16-7-10-21-22(11-16)31-14-30-21/h2-4,7-12,15H,5-6,13-14H2,1H3,(H,25,27)(H,26,28). The van der Waals surface area contributed by atoms with Crippen LogP contribution in [-0.4, -0.2) is 31.3 Å². The summed E-state index contributed by atoms with van der Waals surface area (Å²) >= 11 is 0. The van der Waals surface area contributed by atoms with E-state index < -0.39 is 0 Å². The van der Waals surface area contributed by atoms with Gasteiger partial charge < -0.3 is 24.8 Å². The summed E-state index contributed by atoms with van der Waals surface area (Å²) in [5, 5.41) is 6.31. The van der Waals surface area contributed by atoms with Crippen LogP contribution in [0.15, 0.2) is 54.6 Å². The number of anilines is 2. The van der Waals surface area contributed by atoms with E-state index in [0.29, 0.717) is 34.5 Å². The number of amides is 1. The molecular weight excluding hydrogens is 394 g/mol. The normalized spacial score (nSPS) is 14.2. The zero-order valence-electron chi connectivity index (χ0n) is 17.2. The van der Waals surface area contributed by atoms with Gasteiger partial charge in [0.2, 0.25) is 6.79 Å². The molecule has 2 aromatic carbocycles. The van der Waals surface area contributed by atoms with Gasteiger partial charge in [0.05, 0.1) is 18.4 Å². The summed E-state index contributed by atoms with van der Waals surface area (Å²) in [6.45, 7) is 1.03. The monoisotopic (exact) mass is 417 g/mol. The Morgan fingerprint density at radius 3 is 2.81 bits per heavy atom. The molecule has 3 aromatic rings. The zero-order valence-corrected chi connectivity index (χ0v) is 17.2. The molecule has 7 heteroatoms. The van der Waals surface area contributed by atoms with Crippen molar-refractivity contribution in [2.75, 3.05) is 31.1 Å². The van der Waals surface area contributed by atoms with Crippen molar-refractivity contribution in [3.05, 3.63) is 60.2 Å². The van der Waals surface area contributed by atoms with Crippen molar-refractivity contribution < 1.29 is 19.0 Å². The lowest BCUT2D eigenvalue weighted by molar-refractivity contribution is 0.102. The third-order valence-corrected chi connectivity index (χ3v) is 5.39. The van der Waals surface area contributed by atoms with E-state index in [-0.39, 0.29) is 12.7 Å². The SMILES string of the molecule is COc1cccc(NC(=O)c2ccc(-c3ccc4c(c3)OCO4)nc2NCC2CC2)c1. The number of nitrogens with zero attached hydrogens (tertiary/aromatic N) is 1. The lowest BCUT2D eigenvalue weighted by Gasteiger charge is -2.14. The Kier molecular flexibility index (Phi) is 5.08. The lowest BCUT2D eigenvalue weighted by Crippen LogP contribution is -2.17. The fourth-order valence-corrected chi connectivity index (χ4v) is 3.46. The number of pyridine rings is 1. The third-order valence-electron chi connectivity index (χ3n) is 5.39. The first-order valence-corrected chi connectivity index (χ1v) is 10.3. The Morgan fingerprint density at radius 2 is 1.97 bits per heavy atom. The average molecular weight is 417 g/mol. The topological polar surface area (TPSA) is 81.7 Å². The van der Waals surface area contributed by atoms with E-state index in [1.807, 2.05) is 42.5 Å². The van der Waals surface area contributed by atoms with Gasteiger partial charge in [-0.2, -0.15) is 0 Å². The van der Waals surface area contributed by atoms with E-state index in [4.69, 9.17) is 19.2 Å². The number of carbonyl (C=O) groups is 1. The van der Waals surface area contributed by atoms with Gasteiger partial charge in [-0.05, 0) is 61.2 Å². The fraction of sp³-hybridized carbons (Fsp3) is 0.250. The molecule has 1 aliphatic heterocycles. The van der Waals surface area contributed by atoms with Crippen molar-refractivity contribution in [2.24, 2.45) is 5.92 Å². The van der Waals surface area contributed by atoms with Crippen molar-refractivity contribution in [1.29, 1.82) is 0 Å². The predicted octanol–water partition coefficient (Wildman–Crippen LogP) is 4.56. The molecule has 2 heterocycles. The Bertz CT molecular complexity index is 1130. The largest absolute Gasteiger partial charge is 0.497 e. The van der Waals surface area contributed by atoms with Crippen LogP contribution in [0, 0.1) is 5.92 Å². The molecule has 1 aliphatic carbocycles.